The quantitative estimate of drug-likeness (QED) is 0.322. The van der Waals surface area contributed by atoms with Gasteiger partial charge in [-0.25, -0.2) is 9.37 Å². The number of anilines is 2. The molecule has 12 heteroatoms. The molecule has 1 fully saturated rings. The molecule has 4 aromatic rings. The van der Waals surface area contributed by atoms with Gasteiger partial charge in [0.05, 0.1) is 11.1 Å². The number of fused-ring (bicyclic) bond motifs is 2. The second-order valence-electron chi connectivity index (χ2n) is 9.46. The lowest BCUT2D eigenvalue weighted by Crippen LogP contribution is -2.32. The van der Waals surface area contributed by atoms with Crippen molar-refractivity contribution in [3.05, 3.63) is 48.0 Å². The van der Waals surface area contributed by atoms with E-state index in [0.717, 1.165) is 12.8 Å². The van der Waals surface area contributed by atoms with Crippen LogP contribution in [-0.2, 0) is 11.8 Å². The number of hydrogen-bond donors (Lipinski definition) is 3. The Balaban J connectivity index is 1.45. The van der Waals surface area contributed by atoms with Crippen molar-refractivity contribution in [3.63, 3.8) is 0 Å². The van der Waals surface area contributed by atoms with Gasteiger partial charge in [-0.15, -0.1) is 0 Å². The first-order valence-corrected chi connectivity index (χ1v) is 12.4. The number of nitrogens with zero attached hydrogens (tertiary/aromatic N) is 5. The van der Waals surface area contributed by atoms with Crippen molar-refractivity contribution in [2.45, 2.75) is 25.8 Å². The van der Waals surface area contributed by atoms with E-state index in [-0.39, 0.29) is 41.3 Å². The molecular weight excluding hydrogens is 491 g/mol. The number of likely N-dealkylation sites (tertiary alicyclic amines) is 1. The normalized spacial score (nSPS) is 14.2. The Hall–Kier alpha value is -4.32. The summed E-state index contributed by atoms with van der Waals surface area (Å²) < 4.78 is 21.7. The molecule has 1 atom stereocenters. The van der Waals surface area contributed by atoms with Crippen LogP contribution in [0.3, 0.4) is 0 Å². The summed E-state index contributed by atoms with van der Waals surface area (Å²) >= 11 is 0. The lowest BCUT2D eigenvalue weighted by Gasteiger charge is -2.16. The van der Waals surface area contributed by atoms with Crippen LogP contribution in [-0.4, -0.2) is 68.7 Å². The summed E-state index contributed by atoms with van der Waals surface area (Å²) in [6.45, 7) is 3.60. The molecule has 2 aromatic carbocycles. The highest BCUT2D eigenvalue weighted by Crippen LogP contribution is 2.28. The maximum absolute atomic E-state index is 14.6. The van der Waals surface area contributed by atoms with Crippen molar-refractivity contribution in [1.29, 1.82) is 0 Å². The highest BCUT2D eigenvalue weighted by Gasteiger charge is 2.20. The number of nitrogens with two attached hydrogens (primary N) is 1. The van der Waals surface area contributed by atoms with Gasteiger partial charge >= 0.3 is 6.01 Å². The predicted molar refractivity (Wildman–Crippen MR) is 142 cm³/mol. The number of nitrogens with one attached hydrogen (secondary N) is 2. The lowest BCUT2D eigenvalue weighted by molar-refractivity contribution is -0.132. The molecule has 1 saturated heterocycles. The van der Waals surface area contributed by atoms with E-state index >= 15 is 0 Å². The number of rotatable bonds is 8. The summed E-state index contributed by atoms with van der Waals surface area (Å²) in [5, 5.41) is 11.2. The summed E-state index contributed by atoms with van der Waals surface area (Å²) in [4.78, 5) is 36.2. The molecule has 11 nitrogen and oxygen atoms in total. The molecule has 0 radical (unpaired) electrons. The second-order valence-corrected chi connectivity index (χ2v) is 9.46. The van der Waals surface area contributed by atoms with Crippen molar-refractivity contribution in [3.8, 4) is 6.01 Å². The molecule has 5 rings (SSSR count). The molecule has 1 aliphatic heterocycles. The minimum atomic E-state index is -0.542. The Morgan fingerprint density at radius 2 is 2.00 bits per heavy atom. The van der Waals surface area contributed by atoms with E-state index in [1.807, 2.05) is 6.92 Å². The smallest absolute Gasteiger partial charge is 0.317 e. The zero-order valence-corrected chi connectivity index (χ0v) is 21.2. The van der Waals surface area contributed by atoms with Gasteiger partial charge in [-0.05, 0) is 44.0 Å². The van der Waals surface area contributed by atoms with Crippen molar-refractivity contribution >= 4 is 45.0 Å². The van der Waals surface area contributed by atoms with Gasteiger partial charge in [0.15, 0.2) is 12.4 Å². The fraction of sp³-hybridized carbons (Fsp3) is 0.346. The van der Waals surface area contributed by atoms with E-state index in [1.165, 1.54) is 10.7 Å². The van der Waals surface area contributed by atoms with E-state index in [2.05, 4.69) is 25.7 Å². The van der Waals surface area contributed by atoms with Gasteiger partial charge in [0.25, 0.3) is 11.8 Å². The van der Waals surface area contributed by atoms with Crippen molar-refractivity contribution in [2.24, 2.45) is 12.8 Å². The first-order chi connectivity index (χ1) is 18.3. The van der Waals surface area contributed by atoms with Crippen molar-refractivity contribution in [1.82, 2.24) is 24.6 Å². The van der Waals surface area contributed by atoms with E-state index in [9.17, 15) is 14.0 Å². The molecule has 198 valence electrons. The molecule has 0 bridgehead atoms. The van der Waals surface area contributed by atoms with Gasteiger partial charge in [0.2, 0.25) is 0 Å². The highest BCUT2D eigenvalue weighted by molar-refractivity contribution is 6.14. The summed E-state index contributed by atoms with van der Waals surface area (Å²) in [7, 11) is 1.70. The van der Waals surface area contributed by atoms with Crippen LogP contribution in [0.25, 0.3) is 21.8 Å². The fourth-order valence-corrected chi connectivity index (χ4v) is 4.45. The lowest BCUT2D eigenvalue weighted by atomic mass is 10.1. The van der Waals surface area contributed by atoms with Crippen LogP contribution in [0.5, 0.6) is 6.01 Å². The second kappa shape index (κ2) is 10.6. The largest absolute Gasteiger partial charge is 0.453 e. The van der Waals surface area contributed by atoms with E-state index < -0.39 is 11.7 Å². The Kier molecular flexibility index (Phi) is 7.05. The van der Waals surface area contributed by atoms with Crippen LogP contribution < -0.4 is 21.1 Å². The van der Waals surface area contributed by atoms with Crippen LogP contribution in [0, 0.1) is 5.82 Å². The van der Waals surface area contributed by atoms with Crippen molar-refractivity contribution < 1.29 is 18.7 Å². The number of halogens is 1. The molecule has 38 heavy (non-hydrogen) atoms. The predicted octanol–water partition coefficient (Wildman–Crippen LogP) is 2.67. The first kappa shape index (κ1) is 25.3. The van der Waals surface area contributed by atoms with Crippen LogP contribution in [0.2, 0.25) is 0 Å². The monoisotopic (exact) mass is 520 g/mol. The van der Waals surface area contributed by atoms with Gasteiger partial charge in [0.1, 0.15) is 5.52 Å². The number of benzene rings is 2. The standard InChI is InChI=1S/C26H29FN8O3/c1-15(28)11-29-21-6-5-18(25(37)31-17-9-16-13-34(2)33-23(16)20(27)10-17)24-19(21)12-30-26(32-24)38-14-22(36)35-7-3-4-8-35/h5-6,9-10,12-13,15,29H,3-4,7-8,11,14,28H2,1-2H3,(H,31,37)/t15-/m0/s1. The number of amides is 2. The average molecular weight is 521 g/mol. The average Bonchev–Trinajstić information content (AvgIpc) is 3.55. The molecule has 0 saturated carbocycles. The number of aryl methyl sites for hydroxylation is 1. The Labute approximate surface area is 218 Å². The molecule has 0 aliphatic carbocycles. The van der Waals surface area contributed by atoms with Crippen LogP contribution in [0.15, 0.2) is 36.7 Å². The van der Waals surface area contributed by atoms with Gasteiger partial charge in [0, 0.05) is 67.3 Å². The van der Waals surface area contributed by atoms with Gasteiger partial charge in [-0.3, -0.25) is 14.3 Å². The van der Waals surface area contributed by atoms with E-state index in [4.69, 9.17) is 10.5 Å². The Bertz CT molecular complexity index is 1510. The molecule has 1 aliphatic rings. The number of carbonyl (C=O) groups excluding carboxylic acids is 2. The summed E-state index contributed by atoms with van der Waals surface area (Å²) in [5.41, 5.74) is 7.64. The maximum atomic E-state index is 14.6. The van der Waals surface area contributed by atoms with Crippen LogP contribution in [0.4, 0.5) is 15.8 Å². The minimum absolute atomic E-state index is 0.0220. The molecule has 2 aromatic heterocycles. The molecule has 2 amide bonds. The zero-order chi connectivity index (χ0) is 26.8. The van der Waals surface area contributed by atoms with Crippen LogP contribution >= 0.6 is 0 Å². The van der Waals surface area contributed by atoms with Gasteiger partial charge in [-0.2, -0.15) is 10.1 Å². The molecule has 3 heterocycles. The Morgan fingerprint density at radius 3 is 2.76 bits per heavy atom. The highest BCUT2D eigenvalue weighted by atomic mass is 19.1. The van der Waals surface area contributed by atoms with Gasteiger partial charge < -0.3 is 26.0 Å². The van der Waals surface area contributed by atoms with E-state index in [1.54, 1.807) is 42.5 Å². The zero-order valence-electron chi connectivity index (χ0n) is 21.2. The third kappa shape index (κ3) is 5.35. The fourth-order valence-electron chi connectivity index (χ4n) is 4.45. The minimum Gasteiger partial charge on any atom is -0.453 e. The summed E-state index contributed by atoms with van der Waals surface area (Å²) in [6.07, 6.45) is 5.17. The topological polar surface area (TPSA) is 140 Å². The maximum Gasteiger partial charge on any atom is 0.317 e. The molecular formula is C26H29FN8O3. The third-order valence-electron chi connectivity index (χ3n) is 6.31. The molecule has 4 N–H and O–H groups in total. The molecule has 0 unspecified atom stereocenters. The number of ether oxygens (including phenoxy) is 1. The SMILES string of the molecule is C[C@H](N)CNc1ccc(C(=O)Nc2cc(F)c3nn(C)cc3c2)c2nc(OCC(=O)N3CCCC3)ncc12. The molecule has 0 spiro atoms. The van der Waals surface area contributed by atoms with Gasteiger partial charge in [-0.1, -0.05) is 0 Å². The Morgan fingerprint density at radius 1 is 1.21 bits per heavy atom. The van der Waals surface area contributed by atoms with Crippen molar-refractivity contribution in [2.75, 3.05) is 36.9 Å². The number of aromatic nitrogens is 4. The third-order valence-corrected chi connectivity index (χ3v) is 6.31. The summed E-state index contributed by atoms with van der Waals surface area (Å²) in [6, 6.07) is 6.10. The van der Waals surface area contributed by atoms with E-state index in [0.29, 0.717) is 41.6 Å². The number of carbonyl (C=O) groups is 2. The van der Waals surface area contributed by atoms with Crippen LogP contribution in [0.1, 0.15) is 30.1 Å². The first-order valence-electron chi connectivity index (χ1n) is 12.4. The summed E-state index contributed by atoms with van der Waals surface area (Å²) in [5.74, 6) is -1.17. The number of hydrogen-bond acceptors (Lipinski definition) is 8.